The fourth-order valence-corrected chi connectivity index (χ4v) is 3.47. The van der Waals surface area contributed by atoms with Crippen LogP contribution in [-0.2, 0) is 13.0 Å². The van der Waals surface area contributed by atoms with Gasteiger partial charge in [0.1, 0.15) is 11.6 Å². The van der Waals surface area contributed by atoms with Gasteiger partial charge in [0.15, 0.2) is 5.82 Å². The van der Waals surface area contributed by atoms with Crippen molar-refractivity contribution in [3.8, 4) is 17.1 Å². The number of amides is 2. The molecule has 0 aliphatic carbocycles. The second kappa shape index (κ2) is 8.12. The standard InChI is InChI=1S/C21H23N5O2/c1-28-18-11-5-4-10-17(18)23-21(27)22-16-9-7-8-15(14-16)20-25-24-19-12-3-2-6-13-26(19)20/h4-5,7-11,14H,2-3,6,12-13H2,1H3,(H2,22,23,27). The zero-order valence-corrected chi connectivity index (χ0v) is 15.8. The van der Waals surface area contributed by atoms with E-state index >= 15 is 0 Å². The SMILES string of the molecule is COc1ccccc1NC(=O)Nc1cccc(-c2nnc3n2CCCCC3)c1. The number of rotatable bonds is 4. The lowest BCUT2D eigenvalue weighted by molar-refractivity contribution is 0.262. The number of aromatic nitrogens is 3. The first-order valence-corrected chi connectivity index (χ1v) is 9.48. The first-order chi connectivity index (χ1) is 13.7. The Morgan fingerprint density at radius 1 is 1.04 bits per heavy atom. The van der Waals surface area contributed by atoms with E-state index < -0.39 is 0 Å². The average Bonchev–Trinajstić information content (AvgIpc) is 2.97. The average molecular weight is 377 g/mol. The third-order valence-corrected chi connectivity index (χ3v) is 4.84. The predicted molar refractivity (Wildman–Crippen MR) is 109 cm³/mol. The molecule has 0 fully saturated rings. The lowest BCUT2D eigenvalue weighted by atomic mass is 10.2. The van der Waals surface area contributed by atoms with E-state index in [2.05, 4.69) is 25.4 Å². The van der Waals surface area contributed by atoms with Gasteiger partial charge in [0.05, 0.1) is 12.8 Å². The van der Waals surface area contributed by atoms with Crippen molar-refractivity contribution in [1.29, 1.82) is 0 Å². The van der Waals surface area contributed by atoms with E-state index in [-0.39, 0.29) is 6.03 Å². The molecule has 2 N–H and O–H groups in total. The number of urea groups is 1. The van der Waals surface area contributed by atoms with Crippen LogP contribution in [0.2, 0.25) is 0 Å². The number of fused-ring (bicyclic) bond motifs is 1. The summed E-state index contributed by atoms with van der Waals surface area (Å²) in [4.78, 5) is 12.4. The van der Waals surface area contributed by atoms with Crippen LogP contribution in [0.4, 0.5) is 16.2 Å². The van der Waals surface area contributed by atoms with Gasteiger partial charge in [0.25, 0.3) is 0 Å². The molecule has 0 atom stereocenters. The molecule has 0 saturated heterocycles. The zero-order valence-electron chi connectivity index (χ0n) is 15.8. The molecule has 28 heavy (non-hydrogen) atoms. The number of nitrogens with one attached hydrogen (secondary N) is 2. The van der Waals surface area contributed by atoms with E-state index in [0.717, 1.165) is 43.0 Å². The summed E-state index contributed by atoms with van der Waals surface area (Å²) in [7, 11) is 1.57. The van der Waals surface area contributed by atoms with Crippen LogP contribution in [0.5, 0.6) is 5.75 Å². The Balaban J connectivity index is 1.52. The van der Waals surface area contributed by atoms with Gasteiger partial charge in [-0.3, -0.25) is 0 Å². The summed E-state index contributed by atoms with van der Waals surface area (Å²) in [5, 5.41) is 14.4. The number of hydrogen-bond donors (Lipinski definition) is 2. The van der Waals surface area contributed by atoms with E-state index in [1.807, 2.05) is 36.4 Å². The Bertz CT molecular complexity index is 982. The summed E-state index contributed by atoms with van der Waals surface area (Å²) in [5.41, 5.74) is 2.24. The van der Waals surface area contributed by atoms with Crippen LogP contribution in [0.3, 0.4) is 0 Å². The van der Waals surface area contributed by atoms with Gasteiger partial charge in [-0.1, -0.05) is 30.7 Å². The van der Waals surface area contributed by atoms with Gasteiger partial charge in [-0.25, -0.2) is 4.79 Å². The van der Waals surface area contributed by atoms with Gasteiger partial charge in [-0.2, -0.15) is 0 Å². The zero-order chi connectivity index (χ0) is 19.3. The second-order valence-corrected chi connectivity index (χ2v) is 6.76. The number of para-hydroxylation sites is 2. The lowest BCUT2D eigenvalue weighted by Gasteiger charge is -2.12. The lowest BCUT2D eigenvalue weighted by Crippen LogP contribution is -2.19. The first kappa shape index (κ1) is 18.0. The summed E-state index contributed by atoms with van der Waals surface area (Å²) < 4.78 is 7.46. The molecule has 144 valence electrons. The van der Waals surface area contributed by atoms with Crippen LogP contribution in [0.15, 0.2) is 48.5 Å². The van der Waals surface area contributed by atoms with E-state index in [1.54, 1.807) is 19.2 Å². The summed E-state index contributed by atoms with van der Waals surface area (Å²) in [6.45, 7) is 0.934. The number of ether oxygens (including phenoxy) is 1. The molecule has 0 radical (unpaired) electrons. The maximum absolute atomic E-state index is 12.4. The summed E-state index contributed by atoms with van der Waals surface area (Å²) in [5.74, 6) is 2.50. The smallest absolute Gasteiger partial charge is 0.323 e. The monoisotopic (exact) mass is 377 g/mol. The minimum atomic E-state index is -0.332. The predicted octanol–water partition coefficient (Wildman–Crippen LogP) is 4.32. The van der Waals surface area contributed by atoms with Crippen molar-refractivity contribution in [2.24, 2.45) is 0 Å². The molecule has 4 rings (SSSR count). The van der Waals surface area contributed by atoms with Gasteiger partial charge in [-0.15, -0.1) is 10.2 Å². The number of benzene rings is 2. The molecular formula is C21H23N5O2. The number of hydrogen-bond acceptors (Lipinski definition) is 4. The van der Waals surface area contributed by atoms with Gasteiger partial charge in [0, 0.05) is 24.2 Å². The highest BCUT2D eigenvalue weighted by molar-refractivity contribution is 6.00. The van der Waals surface area contributed by atoms with Gasteiger partial charge < -0.3 is 19.9 Å². The highest BCUT2D eigenvalue weighted by atomic mass is 16.5. The van der Waals surface area contributed by atoms with E-state index in [4.69, 9.17) is 4.74 Å². The Kier molecular flexibility index (Phi) is 5.23. The summed E-state index contributed by atoms with van der Waals surface area (Å²) >= 11 is 0. The normalized spacial score (nSPS) is 13.3. The quantitative estimate of drug-likeness (QED) is 0.709. The highest BCUT2D eigenvalue weighted by Gasteiger charge is 2.16. The molecule has 2 heterocycles. The van der Waals surface area contributed by atoms with Crippen LogP contribution < -0.4 is 15.4 Å². The van der Waals surface area contributed by atoms with Crippen LogP contribution >= 0.6 is 0 Å². The summed E-state index contributed by atoms with van der Waals surface area (Å²) in [6.07, 6.45) is 4.47. The van der Waals surface area contributed by atoms with Crippen molar-refractivity contribution >= 4 is 17.4 Å². The molecule has 2 aromatic carbocycles. The molecule has 1 aliphatic rings. The third-order valence-electron chi connectivity index (χ3n) is 4.84. The Hall–Kier alpha value is -3.35. The molecule has 3 aromatic rings. The first-order valence-electron chi connectivity index (χ1n) is 9.48. The maximum Gasteiger partial charge on any atom is 0.323 e. The number of carbonyl (C=O) groups excluding carboxylic acids is 1. The third kappa shape index (κ3) is 3.83. The second-order valence-electron chi connectivity index (χ2n) is 6.76. The Morgan fingerprint density at radius 2 is 1.93 bits per heavy atom. The van der Waals surface area contributed by atoms with Crippen molar-refractivity contribution < 1.29 is 9.53 Å². The Morgan fingerprint density at radius 3 is 2.82 bits per heavy atom. The number of nitrogens with zero attached hydrogens (tertiary/aromatic N) is 3. The van der Waals surface area contributed by atoms with Crippen LogP contribution in [0.25, 0.3) is 11.4 Å². The molecule has 0 saturated carbocycles. The molecule has 7 nitrogen and oxygen atoms in total. The molecule has 1 aliphatic heterocycles. The van der Waals surface area contributed by atoms with E-state index in [1.165, 1.54) is 6.42 Å². The van der Waals surface area contributed by atoms with Crippen LogP contribution in [-0.4, -0.2) is 27.9 Å². The number of methoxy groups -OCH3 is 1. The minimum Gasteiger partial charge on any atom is -0.495 e. The van der Waals surface area contributed by atoms with E-state index in [9.17, 15) is 4.79 Å². The molecule has 0 unspecified atom stereocenters. The molecule has 0 spiro atoms. The molecule has 1 aromatic heterocycles. The van der Waals surface area contributed by atoms with Gasteiger partial charge in [0.2, 0.25) is 0 Å². The fourth-order valence-electron chi connectivity index (χ4n) is 3.47. The van der Waals surface area contributed by atoms with Crippen molar-refractivity contribution in [1.82, 2.24) is 14.8 Å². The number of carbonyl (C=O) groups is 1. The minimum absolute atomic E-state index is 0.332. The van der Waals surface area contributed by atoms with Crippen LogP contribution in [0.1, 0.15) is 25.1 Å². The van der Waals surface area contributed by atoms with Crippen molar-refractivity contribution in [3.05, 3.63) is 54.4 Å². The molecule has 2 amide bonds. The van der Waals surface area contributed by atoms with Gasteiger partial charge >= 0.3 is 6.03 Å². The number of anilines is 2. The fraction of sp³-hybridized carbons (Fsp3) is 0.286. The van der Waals surface area contributed by atoms with E-state index in [0.29, 0.717) is 17.1 Å². The summed E-state index contributed by atoms with van der Waals surface area (Å²) in [6, 6.07) is 14.6. The topological polar surface area (TPSA) is 81.1 Å². The number of aryl methyl sites for hydroxylation is 1. The largest absolute Gasteiger partial charge is 0.495 e. The van der Waals surface area contributed by atoms with Crippen molar-refractivity contribution in [2.45, 2.75) is 32.2 Å². The molecular weight excluding hydrogens is 354 g/mol. The van der Waals surface area contributed by atoms with Gasteiger partial charge in [-0.05, 0) is 37.1 Å². The van der Waals surface area contributed by atoms with Crippen molar-refractivity contribution in [2.75, 3.05) is 17.7 Å². The van der Waals surface area contributed by atoms with Crippen molar-refractivity contribution in [3.63, 3.8) is 0 Å². The maximum atomic E-state index is 12.4. The highest BCUT2D eigenvalue weighted by Crippen LogP contribution is 2.26. The Labute approximate surface area is 163 Å². The van der Waals surface area contributed by atoms with Crippen LogP contribution in [0, 0.1) is 0 Å². The molecule has 0 bridgehead atoms. The molecule has 7 heteroatoms.